The molecule has 0 spiro atoms. The second-order valence-corrected chi connectivity index (χ2v) is 6.68. The lowest BCUT2D eigenvalue weighted by atomic mass is 9.94. The quantitative estimate of drug-likeness (QED) is 0.816. The second-order valence-electron chi connectivity index (χ2n) is 6.68. The number of fused-ring (bicyclic) bond motifs is 1. The van der Waals surface area contributed by atoms with Crippen LogP contribution < -0.4 is 5.32 Å². The van der Waals surface area contributed by atoms with E-state index >= 15 is 0 Å². The number of carbonyl (C=O) groups excluding carboxylic acids is 1. The van der Waals surface area contributed by atoms with E-state index in [0.717, 1.165) is 11.8 Å². The van der Waals surface area contributed by atoms with Gasteiger partial charge < -0.3 is 10.4 Å². The maximum absolute atomic E-state index is 13.3. The van der Waals surface area contributed by atoms with Crippen LogP contribution in [0.25, 0.3) is 10.9 Å². The average Bonchev–Trinajstić information content (AvgIpc) is 2.51. The van der Waals surface area contributed by atoms with Crippen molar-refractivity contribution in [2.45, 2.75) is 33.6 Å². The molecule has 2 rings (SSSR count). The number of pyridine rings is 1. The van der Waals surface area contributed by atoms with Gasteiger partial charge in [0.05, 0.1) is 16.8 Å². The van der Waals surface area contributed by atoms with Crippen LogP contribution in [0, 0.1) is 24.6 Å². The third-order valence-corrected chi connectivity index (χ3v) is 4.11. The Morgan fingerprint density at radius 1 is 1.33 bits per heavy atom. The summed E-state index contributed by atoms with van der Waals surface area (Å²) < 4.78 is 13.3. The number of aryl methyl sites for hydroxylation is 1. The Labute approximate surface area is 142 Å². The topological polar surface area (TPSA) is 62.2 Å². The molecule has 0 bridgehead atoms. The maximum atomic E-state index is 13.3. The Balaban J connectivity index is 2.12. The van der Waals surface area contributed by atoms with Crippen LogP contribution in [0.2, 0.25) is 0 Å². The highest BCUT2D eigenvalue weighted by Crippen LogP contribution is 2.18. The van der Waals surface area contributed by atoms with Gasteiger partial charge in [0.25, 0.3) is 5.91 Å². The van der Waals surface area contributed by atoms with E-state index in [-0.39, 0.29) is 24.2 Å². The fourth-order valence-corrected chi connectivity index (χ4v) is 2.95. The maximum Gasteiger partial charge on any atom is 0.253 e. The fraction of sp³-hybridized carbons (Fsp3) is 0.474. The van der Waals surface area contributed by atoms with Gasteiger partial charge in [0.2, 0.25) is 0 Å². The number of carbonyl (C=O) groups is 1. The summed E-state index contributed by atoms with van der Waals surface area (Å²) >= 11 is 0. The van der Waals surface area contributed by atoms with E-state index in [1.807, 2.05) is 0 Å². The van der Waals surface area contributed by atoms with Gasteiger partial charge in [0.15, 0.2) is 0 Å². The number of aliphatic hydroxyl groups excluding tert-OH is 1. The van der Waals surface area contributed by atoms with E-state index in [1.165, 1.54) is 12.1 Å². The first-order chi connectivity index (χ1) is 11.4. The van der Waals surface area contributed by atoms with Crippen LogP contribution in [0.1, 0.15) is 42.7 Å². The molecule has 0 saturated carbocycles. The smallest absolute Gasteiger partial charge is 0.253 e. The zero-order valence-electron chi connectivity index (χ0n) is 14.5. The Bertz CT molecular complexity index is 716. The molecule has 4 nitrogen and oxygen atoms in total. The summed E-state index contributed by atoms with van der Waals surface area (Å²) in [5.74, 6) is 0.240. The van der Waals surface area contributed by atoms with Gasteiger partial charge in [-0.3, -0.25) is 9.78 Å². The molecule has 0 fully saturated rings. The minimum Gasteiger partial charge on any atom is -0.396 e. The van der Waals surface area contributed by atoms with Crippen molar-refractivity contribution in [1.29, 1.82) is 0 Å². The number of aromatic nitrogens is 1. The summed E-state index contributed by atoms with van der Waals surface area (Å²) in [5.41, 5.74) is 1.62. The average molecular weight is 332 g/mol. The number of amides is 1. The molecule has 130 valence electrons. The van der Waals surface area contributed by atoms with Crippen molar-refractivity contribution in [3.8, 4) is 0 Å². The van der Waals surface area contributed by atoms with Crippen molar-refractivity contribution in [3.05, 3.63) is 41.3 Å². The number of hydrogen-bond acceptors (Lipinski definition) is 3. The predicted molar refractivity (Wildman–Crippen MR) is 93.4 cm³/mol. The summed E-state index contributed by atoms with van der Waals surface area (Å²) in [7, 11) is 0. The summed E-state index contributed by atoms with van der Waals surface area (Å²) in [6.45, 7) is 6.65. The Morgan fingerprint density at radius 2 is 2.08 bits per heavy atom. The van der Waals surface area contributed by atoms with E-state index in [1.54, 1.807) is 19.1 Å². The van der Waals surface area contributed by atoms with Crippen LogP contribution in [-0.4, -0.2) is 29.1 Å². The SMILES string of the molecule is Cc1nc2cc(F)ccc2cc1C(=O)NCC(CCO)CC(C)C. The molecule has 0 saturated heterocycles. The second kappa shape index (κ2) is 8.20. The van der Waals surface area contributed by atoms with Crippen molar-refractivity contribution < 1.29 is 14.3 Å². The van der Waals surface area contributed by atoms with E-state index in [9.17, 15) is 9.18 Å². The minimum atomic E-state index is -0.341. The molecule has 1 aromatic heterocycles. The molecule has 0 aliphatic heterocycles. The van der Waals surface area contributed by atoms with Gasteiger partial charge in [-0.05, 0) is 49.8 Å². The molecule has 2 aromatic rings. The van der Waals surface area contributed by atoms with Gasteiger partial charge in [0.1, 0.15) is 5.82 Å². The molecular formula is C19H25FN2O2. The molecule has 0 aliphatic rings. The van der Waals surface area contributed by atoms with E-state index in [4.69, 9.17) is 5.11 Å². The van der Waals surface area contributed by atoms with Gasteiger partial charge in [0, 0.05) is 24.6 Å². The van der Waals surface area contributed by atoms with Crippen LogP contribution in [0.3, 0.4) is 0 Å². The molecule has 5 heteroatoms. The lowest BCUT2D eigenvalue weighted by Crippen LogP contribution is -2.31. The Hall–Kier alpha value is -2.01. The highest BCUT2D eigenvalue weighted by Gasteiger charge is 2.15. The number of benzene rings is 1. The monoisotopic (exact) mass is 332 g/mol. The number of rotatable bonds is 7. The molecule has 0 radical (unpaired) electrons. The van der Waals surface area contributed by atoms with Crippen LogP contribution in [0.5, 0.6) is 0 Å². The standard InChI is InChI=1S/C19H25FN2O2/c1-12(2)8-14(6-7-23)11-21-19(24)17-9-15-4-5-16(20)10-18(15)22-13(17)3/h4-5,9-10,12,14,23H,6-8,11H2,1-3H3,(H,21,24). The highest BCUT2D eigenvalue weighted by atomic mass is 19.1. The molecule has 1 atom stereocenters. The van der Waals surface area contributed by atoms with Crippen molar-refractivity contribution in [3.63, 3.8) is 0 Å². The largest absolute Gasteiger partial charge is 0.396 e. The Morgan fingerprint density at radius 3 is 2.75 bits per heavy atom. The third kappa shape index (κ3) is 4.74. The van der Waals surface area contributed by atoms with Crippen LogP contribution >= 0.6 is 0 Å². The normalized spacial score (nSPS) is 12.6. The van der Waals surface area contributed by atoms with Gasteiger partial charge in [-0.1, -0.05) is 13.8 Å². The van der Waals surface area contributed by atoms with Crippen molar-refractivity contribution >= 4 is 16.8 Å². The number of nitrogens with one attached hydrogen (secondary N) is 1. The van der Waals surface area contributed by atoms with Gasteiger partial charge in [-0.25, -0.2) is 4.39 Å². The first-order valence-corrected chi connectivity index (χ1v) is 8.36. The molecule has 1 aromatic carbocycles. The highest BCUT2D eigenvalue weighted by molar-refractivity contribution is 5.98. The molecule has 0 aliphatic carbocycles. The van der Waals surface area contributed by atoms with E-state index in [0.29, 0.717) is 35.7 Å². The number of aliphatic hydroxyl groups is 1. The zero-order valence-corrected chi connectivity index (χ0v) is 14.5. The molecule has 1 amide bonds. The van der Waals surface area contributed by atoms with Crippen molar-refractivity contribution in [2.24, 2.45) is 11.8 Å². The summed E-state index contributed by atoms with van der Waals surface area (Å²) in [4.78, 5) is 16.8. The molecule has 1 unspecified atom stereocenters. The minimum absolute atomic E-state index is 0.120. The summed E-state index contributed by atoms with van der Waals surface area (Å²) in [6, 6.07) is 6.10. The van der Waals surface area contributed by atoms with Crippen molar-refractivity contribution in [1.82, 2.24) is 10.3 Å². The van der Waals surface area contributed by atoms with Crippen molar-refractivity contribution in [2.75, 3.05) is 13.2 Å². The fourth-order valence-electron chi connectivity index (χ4n) is 2.95. The number of nitrogens with zero attached hydrogens (tertiary/aromatic N) is 1. The van der Waals surface area contributed by atoms with Gasteiger partial charge in [-0.2, -0.15) is 0 Å². The van der Waals surface area contributed by atoms with Crippen LogP contribution in [0.4, 0.5) is 4.39 Å². The summed E-state index contributed by atoms with van der Waals surface area (Å²) in [5, 5.41) is 12.8. The zero-order chi connectivity index (χ0) is 17.7. The third-order valence-electron chi connectivity index (χ3n) is 4.11. The summed E-state index contributed by atoms with van der Waals surface area (Å²) in [6.07, 6.45) is 1.63. The van der Waals surface area contributed by atoms with Crippen LogP contribution in [0.15, 0.2) is 24.3 Å². The Kier molecular flexibility index (Phi) is 6.26. The number of halogens is 1. The van der Waals surface area contributed by atoms with E-state index < -0.39 is 0 Å². The molecular weight excluding hydrogens is 307 g/mol. The van der Waals surface area contributed by atoms with E-state index in [2.05, 4.69) is 24.1 Å². The van der Waals surface area contributed by atoms with Gasteiger partial charge >= 0.3 is 0 Å². The lowest BCUT2D eigenvalue weighted by Gasteiger charge is -2.19. The predicted octanol–water partition coefficient (Wildman–Crippen LogP) is 3.46. The number of hydrogen-bond donors (Lipinski definition) is 2. The molecule has 1 heterocycles. The molecule has 2 N–H and O–H groups in total. The lowest BCUT2D eigenvalue weighted by molar-refractivity contribution is 0.0940. The van der Waals surface area contributed by atoms with Crippen LogP contribution in [-0.2, 0) is 0 Å². The first kappa shape index (κ1) is 18.3. The van der Waals surface area contributed by atoms with Gasteiger partial charge in [-0.15, -0.1) is 0 Å². The molecule has 24 heavy (non-hydrogen) atoms. The first-order valence-electron chi connectivity index (χ1n) is 8.36.